The summed E-state index contributed by atoms with van der Waals surface area (Å²) in [7, 11) is 0. The van der Waals surface area contributed by atoms with Crippen molar-refractivity contribution < 1.29 is 18.0 Å². The van der Waals surface area contributed by atoms with Crippen LogP contribution in [0.1, 0.15) is 45.1 Å². The van der Waals surface area contributed by atoms with Gasteiger partial charge in [-0.05, 0) is 38.8 Å². The number of hydrogen-bond acceptors (Lipinski definition) is 2. The molecule has 1 fully saturated rings. The van der Waals surface area contributed by atoms with Crippen LogP contribution in [0.3, 0.4) is 0 Å². The molecule has 3 nitrogen and oxygen atoms in total. The molecular weight excluding hydrogens is 293 g/mol. The highest BCUT2D eigenvalue weighted by atomic mass is 19.4. The topological polar surface area (TPSA) is 32.3 Å². The van der Waals surface area contributed by atoms with Gasteiger partial charge in [0, 0.05) is 6.04 Å². The van der Waals surface area contributed by atoms with Gasteiger partial charge in [0.1, 0.15) is 5.54 Å². The molecule has 3 rings (SSSR count). The van der Waals surface area contributed by atoms with Crippen molar-refractivity contribution in [3.8, 4) is 0 Å². The Labute approximate surface area is 127 Å². The molecule has 0 atom stereocenters. The Morgan fingerprint density at radius 1 is 1.23 bits per heavy atom. The molecule has 0 unspecified atom stereocenters. The zero-order valence-corrected chi connectivity index (χ0v) is 12.6. The van der Waals surface area contributed by atoms with Crippen molar-refractivity contribution in [2.24, 2.45) is 0 Å². The van der Waals surface area contributed by atoms with Crippen molar-refractivity contribution in [2.75, 3.05) is 10.2 Å². The third-order valence-electron chi connectivity index (χ3n) is 4.66. The van der Waals surface area contributed by atoms with Crippen LogP contribution in [0.2, 0.25) is 0 Å². The average Bonchev–Trinajstić information content (AvgIpc) is 2.88. The van der Waals surface area contributed by atoms with Crippen molar-refractivity contribution in [3.63, 3.8) is 0 Å². The SMILES string of the molecule is CC(C)N1c2c(cccc2C(F)(F)F)NC(=O)C12CCCC2. The molecule has 6 heteroatoms. The fraction of sp³-hybridized carbons (Fsp3) is 0.562. The summed E-state index contributed by atoms with van der Waals surface area (Å²) in [4.78, 5) is 14.3. The van der Waals surface area contributed by atoms with E-state index in [1.165, 1.54) is 6.07 Å². The first-order chi connectivity index (χ1) is 10.3. The summed E-state index contributed by atoms with van der Waals surface area (Å²) >= 11 is 0. The van der Waals surface area contributed by atoms with Gasteiger partial charge in [-0.1, -0.05) is 18.9 Å². The molecular formula is C16H19F3N2O. The number of benzene rings is 1. The van der Waals surface area contributed by atoms with Crippen LogP contribution in [-0.4, -0.2) is 17.5 Å². The maximum absolute atomic E-state index is 13.4. The van der Waals surface area contributed by atoms with Crippen molar-refractivity contribution in [3.05, 3.63) is 23.8 Å². The van der Waals surface area contributed by atoms with E-state index in [4.69, 9.17) is 0 Å². The number of nitrogens with zero attached hydrogens (tertiary/aromatic N) is 1. The smallest absolute Gasteiger partial charge is 0.352 e. The summed E-state index contributed by atoms with van der Waals surface area (Å²) < 4.78 is 40.3. The molecule has 1 aliphatic carbocycles. The van der Waals surface area contributed by atoms with E-state index < -0.39 is 17.3 Å². The van der Waals surface area contributed by atoms with E-state index in [0.717, 1.165) is 18.9 Å². The molecule has 0 radical (unpaired) electrons. The lowest BCUT2D eigenvalue weighted by Crippen LogP contribution is -2.61. The number of anilines is 2. The number of carbonyl (C=O) groups excluding carboxylic acids is 1. The lowest BCUT2D eigenvalue weighted by Gasteiger charge is -2.49. The third kappa shape index (κ3) is 2.08. The Morgan fingerprint density at radius 2 is 1.86 bits per heavy atom. The minimum atomic E-state index is -4.44. The number of hydrogen-bond donors (Lipinski definition) is 1. The quantitative estimate of drug-likeness (QED) is 0.843. The van der Waals surface area contributed by atoms with Crippen molar-refractivity contribution >= 4 is 17.3 Å². The Morgan fingerprint density at radius 3 is 2.41 bits per heavy atom. The number of para-hydroxylation sites is 1. The molecule has 1 amide bonds. The Kier molecular flexibility index (Phi) is 3.38. The number of alkyl halides is 3. The number of carbonyl (C=O) groups is 1. The van der Waals surface area contributed by atoms with Crippen LogP contribution in [0, 0.1) is 0 Å². The zero-order chi connectivity index (χ0) is 16.1. The molecule has 0 aromatic heterocycles. The predicted octanol–water partition coefficient (Wildman–Crippen LogP) is 4.19. The van der Waals surface area contributed by atoms with Crippen LogP contribution in [-0.2, 0) is 11.0 Å². The molecule has 120 valence electrons. The van der Waals surface area contributed by atoms with Gasteiger partial charge in [-0.2, -0.15) is 13.2 Å². The summed E-state index contributed by atoms with van der Waals surface area (Å²) in [6.07, 6.45) is -1.52. The van der Waals surface area contributed by atoms with Crippen LogP contribution in [0.15, 0.2) is 18.2 Å². The molecule has 1 N–H and O–H groups in total. The maximum Gasteiger partial charge on any atom is 0.418 e. The van der Waals surface area contributed by atoms with E-state index >= 15 is 0 Å². The number of amides is 1. The van der Waals surface area contributed by atoms with Crippen LogP contribution >= 0.6 is 0 Å². The number of rotatable bonds is 1. The fourth-order valence-corrected chi connectivity index (χ4v) is 3.88. The second-order valence-corrected chi connectivity index (χ2v) is 6.36. The van der Waals surface area contributed by atoms with Crippen LogP contribution in [0.5, 0.6) is 0 Å². The van der Waals surface area contributed by atoms with Gasteiger partial charge in [0.2, 0.25) is 5.91 Å². The summed E-state index contributed by atoms with van der Waals surface area (Å²) in [6.45, 7) is 3.69. The third-order valence-corrected chi connectivity index (χ3v) is 4.66. The van der Waals surface area contributed by atoms with E-state index in [2.05, 4.69) is 5.32 Å². The van der Waals surface area contributed by atoms with E-state index in [9.17, 15) is 18.0 Å². The number of fused-ring (bicyclic) bond motifs is 1. The highest BCUT2D eigenvalue weighted by Crippen LogP contribution is 2.50. The first-order valence-corrected chi connectivity index (χ1v) is 7.58. The molecule has 1 heterocycles. The summed E-state index contributed by atoms with van der Waals surface area (Å²) in [5, 5.41) is 2.71. The Hall–Kier alpha value is -1.72. The van der Waals surface area contributed by atoms with Gasteiger partial charge >= 0.3 is 6.18 Å². The number of halogens is 3. The van der Waals surface area contributed by atoms with Crippen molar-refractivity contribution in [1.82, 2.24) is 0 Å². The highest BCUT2D eigenvalue weighted by molar-refractivity contribution is 6.07. The lowest BCUT2D eigenvalue weighted by atomic mass is 9.87. The number of nitrogens with one attached hydrogen (secondary N) is 1. The van der Waals surface area contributed by atoms with E-state index in [-0.39, 0.29) is 23.3 Å². The van der Waals surface area contributed by atoms with Crippen molar-refractivity contribution in [2.45, 2.75) is 57.3 Å². The van der Waals surface area contributed by atoms with Gasteiger partial charge in [-0.15, -0.1) is 0 Å². The molecule has 22 heavy (non-hydrogen) atoms. The second kappa shape index (κ2) is 4.89. The second-order valence-electron chi connectivity index (χ2n) is 6.36. The van der Waals surface area contributed by atoms with Crippen LogP contribution < -0.4 is 10.2 Å². The first-order valence-electron chi connectivity index (χ1n) is 7.58. The van der Waals surface area contributed by atoms with Crippen LogP contribution in [0.25, 0.3) is 0 Å². The van der Waals surface area contributed by atoms with Gasteiger partial charge in [0.15, 0.2) is 0 Å². The fourth-order valence-electron chi connectivity index (χ4n) is 3.88. The summed E-state index contributed by atoms with van der Waals surface area (Å²) in [5.74, 6) is -0.175. The average molecular weight is 312 g/mol. The monoisotopic (exact) mass is 312 g/mol. The van der Waals surface area contributed by atoms with Gasteiger partial charge in [0.05, 0.1) is 16.9 Å². The standard InChI is InChI=1S/C16H19F3N2O/c1-10(2)21-13-11(16(17,18)19)6-5-7-12(13)20-14(22)15(21)8-3-4-9-15/h5-7,10H,3-4,8-9H2,1-2H3,(H,20,22). The first kappa shape index (κ1) is 15.2. The van der Waals surface area contributed by atoms with Gasteiger partial charge < -0.3 is 10.2 Å². The molecule has 1 saturated carbocycles. The minimum Gasteiger partial charge on any atom is -0.352 e. The molecule has 1 spiro atoms. The molecule has 1 aromatic rings. The largest absolute Gasteiger partial charge is 0.418 e. The zero-order valence-electron chi connectivity index (χ0n) is 12.6. The van der Waals surface area contributed by atoms with Gasteiger partial charge in [0.25, 0.3) is 0 Å². The predicted molar refractivity (Wildman–Crippen MR) is 78.9 cm³/mol. The molecule has 0 saturated heterocycles. The Bertz CT molecular complexity index is 604. The summed E-state index contributed by atoms with van der Waals surface area (Å²) in [6, 6.07) is 3.78. The Balaban J connectivity index is 2.25. The van der Waals surface area contributed by atoms with Gasteiger partial charge in [-0.25, -0.2) is 0 Å². The lowest BCUT2D eigenvalue weighted by molar-refractivity contribution is -0.137. The van der Waals surface area contributed by atoms with E-state index in [1.807, 2.05) is 13.8 Å². The molecule has 2 aliphatic rings. The van der Waals surface area contributed by atoms with Gasteiger partial charge in [-0.3, -0.25) is 4.79 Å². The normalized spacial score (nSPS) is 20.5. The van der Waals surface area contributed by atoms with E-state index in [1.54, 1.807) is 11.0 Å². The summed E-state index contributed by atoms with van der Waals surface area (Å²) in [5.41, 5.74) is -1.15. The van der Waals surface area contributed by atoms with Crippen molar-refractivity contribution in [1.29, 1.82) is 0 Å². The minimum absolute atomic E-state index is 0.117. The molecule has 0 bridgehead atoms. The molecule has 1 aromatic carbocycles. The van der Waals surface area contributed by atoms with Crippen LogP contribution in [0.4, 0.5) is 24.5 Å². The molecule has 1 aliphatic heterocycles. The highest BCUT2D eigenvalue weighted by Gasteiger charge is 2.52. The maximum atomic E-state index is 13.4. The van der Waals surface area contributed by atoms with E-state index in [0.29, 0.717) is 12.8 Å².